The summed E-state index contributed by atoms with van der Waals surface area (Å²) in [5, 5.41) is 6.77. The van der Waals surface area contributed by atoms with Crippen LogP contribution in [0.2, 0.25) is 0 Å². The number of para-hydroxylation sites is 1. The van der Waals surface area contributed by atoms with Crippen LogP contribution in [0.15, 0.2) is 47.6 Å². The Morgan fingerprint density at radius 3 is 2.71 bits per heavy atom. The number of amides is 1. The molecule has 4 rings (SSSR count). The Morgan fingerprint density at radius 1 is 1.17 bits per heavy atom. The van der Waals surface area contributed by atoms with Crippen molar-refractivity contribution in [1.29, 1.82) is 0 Å². The fourth-order valence-electron chi connectivity index (χ4n) is 3.43. The van der Waals surface area contributed by atoms with Gasteiger partial charge in [-0.2, -0.15) is 4.91 Å². The molecule has 1 aromatic heterocycles. The Balaban J connectivity index is 2.11. The average molecular weight is 323 g/mol. The SMILES string of the molecule is O=NCc1c(-c2ccc(F)cc2)n2c3c(cccc13)C(=O)NCC2. The van der Waals surface area contributed by atoms with Gasteiger partial charge in [-0.3, -0.25) is 4.79 Å². The molecule has 5 nitrogen and oxygen atoms in total. The molecule has 0 fully saturated rings. The van der Waals surface area contributed by atoms with E-state index in [1.165, 1.54) is 12.1 Å². The third-order valence-electron chi connectivity index (χ3n) is 4.39. The van der Waals surface area contributed by atoms with Crippen LogP contribution in [0.4, 0.5) is 4.39 Å². The average Bonchev–Trinajstić information content (AvgIpc) is 2.79. The quantitative estimate of drug-likeness (QED) is 0.750. The number of carbonyl (C=O) groups excluding carboxylic acids is 1. The first kappa shape index (κ1) is 14.6. The van der Waals surface area contributed by atoms with E-state index in [0.29, 0.717) is 18.7 Å². The summed E-state index contributed by atoms with van der Waals surface area (Å²) in [5.41, 5.74) is 3.75. The van der Waals surface area contributed by atoms with E-state index in [0.717, 1.165) is 27.7 Å². The largest absolute Gasteiger partial charge is 0.350 e. The summed E-state index contributed by atoms with van der Waals surface area (Å²) in [7, 11) is 0. The molecule has 1 aliphatic heterocycles. The molecule has 6 heteroatoms. The van der Waals surface area contributed by atoms with Gasteiger partial charge in [0.05, 0.1) is 16.8 Å². The Hall–Kier alpha value is -3.02. The number of hydrogen-bond acceptors (Lipinski definition) is 3. The summed E-state index contributed by atoms with van der Waals surface area (Å²) in [5.74, 6) is -0.452. The van der Waals surface area contributed by atoms with Crippen LogP contribution in [0.3, 0.4) is 0 Å². The molecule has 1 amide bonds. The molecule has 24 heavy (non-hydrogen) atoms. The van der Waals surface area contributed by atoms with Gasteiger partial charge >= 0.3 is 0 Å². The van der Waals surface area contributed by atoms with Crippen LogP contribution >= 0.6 is 0 Å². The van der Waals surface area contributed by atoms with Crippen LogP contribution in [-0.4, -0.2) is 17.0 Å². The highest BCUT2D eigenvalue weighted by Crippen LogP contribution is 2.36. The molecule has 2 heterocycles. The lowest BCUT2D eigenvalue weighted by Crippen LogP contribution is -2.24. The molecule has 0 bridgehead atoms. The Bertz CT molecular complexity index is 961. The Labute approximate surface area is 137 Å². The van der Waals surface area contributed by atoms with E-state index in [9.17, 15) is 14.1 Å². The molecule has 1 aliphatic rings. The minimum atomic E-state index is -0.321. The van der Waals surface area contributed by atoms with Crippen molar-refractivity contribution in [1.82, 2.24) is 9.88 Å². The summed E-state index contributed by atoms with van der Waals surface area (Å²) in [6.07, 6.45) is 0. The van der Waals surface area contributed by atoms with E-state index in [4.69, 9.17) is 0 Å². The summed E-state index contributed by atoms with van der Waals surface area (Å²) >= 11 is 0. The fraction of sp³-hybridized carbons (Fsp3) is 0.167. The molecular weight excluding hydrogens is 309 g/mol. The molecule has 0 unspecified atom stereocenters. The zero-order chi connectivity index (χ0) is 16.7. The Morgan fingerprint density at radius 2 is 1.96 bits per heavy atom. The second-order valence-corrected chi connectivity index (χ2v) is 5.73. The predicted octanol–water partition coefficient (Wildman–Crippen LogP) is 3.46. The minimum absolute atomic E-state index is 0.00127. The molecule has 120 valence electrons. The van der Waals surface area contributed by atoms with Crippen LogP contribution in [-0.2, 0) is 13.1 Å². The van der Waals surface area contributed by atoms with E-state index in [-0.39, 0.29) is 18.3 Å². The standard InChI is InChI=1S/C18H14FN3O2/c19-12-6-4-11(5-7-12)16-15(10-21-24)13-2-1-3-14-17(13)22(16)9-8-20-18(14)23/h1-7H,8-10H2,(H,20,23). The van der Waals surface area contributed by atoms with Gasteiger partial charge in [0, 0.05) is 24.0 Å². The van der Waals surface area contributed by atoms with Gasteiger partial charge in [-0.15, -0.1) is 0 Å². The van der Waals surface area contributed by atoms with Crippen molar-refractivity contribution in [3.05, 3.63) is 64.3 Å². The normalized spacial score (nSPS) is 13.6. The van der Waals surface area contributed by atoms with Crippen LogP contribution in [0.5, 0.6) is 0 Å². The molecule has 2 aromatic carbocycles. The number of rotatable bonds is 3. The maximum absolute atomic E-state index is 13.3. The fourth-order valence-corrected chi connectivity index (χ4v) is 3.43. The van der Waals surface area contributed by atoms with Crippen LogP contribution in [0.1, 0.15) is 15.9 Å². The maximum Gasteiger partial charge on any atom is 0.253 e. The van der Waals surface area contributed by atoms with Crippen molar-refractivity contribution in [2.45, 2.75) is 13.1 Å². The van der Waals surface area contributed by atoms with E-state index in [2.05, 4.69) is 10.5 Å². The first-order valence-corrected chi connectivity index (χ1v) is 7.68. The zero-order valence-corrected chi connectivity index (χ0v) is 12.8. The number of benzene rings is 2. The van der Waals surface area contributed by atoms with Crippen molar-refractivity contribution >= 4 is 16.8 Å². The van der Waals surface area contributed by atoms with Gasteiger partial charge in [0.15, 0.2) is 0 Å². The van der Waals surface area contributed by atoms with Gasteiger partial charge in [0.25, 0.3) is 5.91 Å². The summed E-state index contributed by atoms with van der Waals surface area (Å²) in [6, 6.07) is 11.6. The van der Waals surface area contributed by atoms with Crippen molar-refractivity contribution < 1.29 is 9.18 Å². The second-order valence-electron chi connectivity index (χ2n) is 5.73. The molecule has 0 saturated heterocycles. The first-order chi connectivity index (χ1) is 11.7. The molecule has 0 atom stereocenters. The Kier molecular flexibility index (Phi) is 3.37. The summed E-state index contributed by atoms with van der Waals surface area (Å²) in [6.45, 7) is 1.06. The van der Waals surface area contributed by atoms with Crippen molar-refractivity contribution in [2.24, 2.45) is 5.18 Å². The van der Waals surface area contributed by atoms with Gasteiger partial charge in [-0.05, 0) is 35.9 Å². The molecule has 0 spiro atoms. The number of nitrogens with one attached hydrogen (secondary N) is 1. The maximum atomic E-state index is 13.3. The topological polar surface area (TPSA) is 63.5 Å². The highest BCUT2D eigenvalue weighted by Gasteiger charge is 2.24. The van der Waals surface area contributed by atoms with Crippen LogP contribution in [0, 0.1) is 10.7 Å². The predicted molar refractivity (Wildman–Crippen MR) is 89.2 cm³/mol. The van der Waals surface area contributed by atoms with Crippen molar-refractivity contribution in [3.8, 4) is 11.3 Å². The van der Waals surface area contributed by atoms with Gasteiger partial charge in [0.2, 0.25) is 0 Å². The lowest BCUT2D eigenvalue weighted by molar-refractivity contribution is 0.0956. The first-order valence-electron chi connectivity index (χ1n) is 7.68. The highest BCUT2D eigenvalue weighted by molar-refractivity contribution is 6.09. The van der Waals surface area contributed by atoms with Gasteiger partial charge in [-0.25, -0.2) is 4.39 Å². The molecular formula is C18H14FN3O2. The van der Waals surface area contributed by atoms with E-state index in [1.54, 1.807) is 24.3 Å². The molecule has 0 saturated carbocycles. The number of nitroso groups, excluding NO2 is 1. The molecule has 0 radical (unpaired) electrons. The van der Waals surface area contributed by atoms with E-state index in [1.807, 2.05) is 10.6 Å². The highest BCUT2D eigenvalue weighted by atomic mass is 19.1. The van der Waals surface area contributed by atoms with Crippen molar-refractivity contribution in [2.75, 3.05) is 6.54 Å². The van der Waals surface area contributed by atoms with Gasteiger partial charge < -0.3 is 9.88 Å². The van der Waals surface area contributed by atoms with Gasteiger partial charge in [0.1, 0.15) is 12.4 Å². The number of hydrogen-bond donors (Lipinski definition) is 1. The molecule has 0 aliphatic carbocycles. The molecule has 1 N–H and O–H groups in total. The smallest absolute Gasteiger partial charge is 0.253 e. The lowest BCUT2D eigenvalue weighted by atomic mass is 10.0. The number of carbonyl (C=O) groups is 1. The summed E-state index contributed by atoms with van der Waals surface area (Å²) < 4.78 is 15.3. The van der Waals surface area contributed by atoms with Crippen LogP contribution < -0.4 is 5.32 Å². The lowest BCUT2D eigenvalue weighted by Gasteiger charge is -2.10. The summed E-state index contributed by atoms with van der Waals surface area (Å²) in [4.78, 5) is 23.3. The van der Waals surface area contributed by atoms with Crippen molar-refractivity contribution in [3.63, 3.8) is 0 Å². The molecule has 3 aromatic rings. The number of aromatic nitrogens is 1. The monoisotopic (exact) mass is 323 g/mol. The zero-order valence-electron chi connectivity index (χ0n) is 12.8. The van der Waals surface area contributed by atoms with E-state index < -0.39 is 0 Å². The van der Waals surface area contributed by atoms with Gasteiger partial charge in [-0.1, -0.05) is 17.3 Å². The number of halogens is 1. The van der Waals surface area contributed by atoms with E-state index >= 15 is 0 Å². The third kappa shape index (κ3) is 2.11. The van der Waals surface area contributed by atoms with Crippen LogP contribution in [0.25, 0.3) is 22.2 Å². The second kappa shape index (κ2) is 5.56. The third-order valence-corrected chi connectivity index (χ3v) is 4.39. The minimum Gasteiger partial charge on any atom is -0.350 e. The number of nitrogens with zero attached hydrogens (tertiary/aromatic N) is 2.